The highest BCUT2D eigenvalue weighted by Crippen LogP contribution is 2.71. The zero-order valence-electron chi connectivity index (χ0n) is 81.3. The van der Waals surface area contributed by atoms with Crippen molar-refractivity contribution in [2.75, 3.05) is 173 Å². The van der Waals surface area contributed by atoms with Crippen LogP contribution in [0.3, 0.4) is 0 Å². The lowest BCUT2D eigenvalue weighted by molar-refractivity contribution is -0.230. The molecule has 2 spiro atoms. The average molecular weight is 2000 g/mol. The van der Waals surface area contributed by atoms with Gasteiger partial charge in [-0.1, -0.05) is 88.4 Å². The van der Waals surface area contributed by atoms with Crippen LogP contribution in [0.4, 0.5) is 11.4 Å². The van der Waals surface area contributed by atoms with E-state index in [-0.39, 0.29) is 37.0 Å². The number of benzene rings is 4. The second-order valence-electron chi connectivity index (χ2n) is 40.0. The van der Waals surface area contributed by atoms with Crippen molar-refractivity contribution in [3.63, 3.8) is 0 Å². The van der Waals surface area contributed by atoms with Crippen LogP contribution in [0.1, 0.15) is 137 Å². The summed E-state index contributed by atoms with van der Waals surface area (Å²) in [5.74, 6) is -3.06. The summed E-state index contributed by atoms with van der Waals surface area (Å²) in [4.78, 5) is 112. The van der Waals surface area contributed by atoms with E-state index in [1.54, 1.807) is 52.2 Å². The number of carbonyl (C=O) groups excluding carboxylic acids is 6. The summed E-state index contributed by atoms with van der Waals surface area (Å²) in [5, 5.41) is 53.2. The highest BCUT2D eigenvalue weighted by Gasteiger charge is 2.83. The number of rotatable bonds is 18. The monoisotopic (exact) mass is 2000 g/mol. The second kappa shape index (κ2) is 38.7. The molecule has 2 aromatic heterocycles. The number of carbonyl (C=O) groups is 6. The number of nitrogens with zero attached hydrogens (tertiary/aromatic N) is 8. The third-order valence-electron chi connectivity index (χ3n) is 32.0. The maximum absolute atomic E-state index is 15.4. The summed E-state index contributed by atoms with van der Waals surface area (Å²) in [6.07, 6.45) is 11.8. The number of nitrogens with one attached hydrogen (secondary N) is 2. The highest BCUT2D eigenvalue weighted by molar-refractivity contribution is 7.80. The van der Waals surface area contributed by atoms with Gasteiger partial charge in [0.05, 0.1) is 79.0 Å². The molecule has 139 heavy (non-hydrogen) atoms. The van der Waals surface area contributed by atoms with Gasteiger partial charge >= 0.3 is 67.0 Å². The number of esters is 6. The van der Waals surface area contributed by atoms with Gasteiger partial charge in [0.1, 0.15) is 22.3 Å². The SMILES string of the molecule is CC[C@]1(O)C[C@@H]2CN(CCc3c([nH]c4ccccc34)[C@@](C(=O)OC)(c3cc4c(cc3OC)N(C)[C@H]3[C@@](O)(C(=O)OC)[C@H](OC(=O)CN(C)C)[C@]5(CC)C=CCN6CC[C@]43[C@@H]65)C2)C1.CC[C@]1(O)C[C@@H]2CN(CCc3c([nH]c4ccccc34)[C@@](C(=O)OC)(c3cc4c(cc3OC)N(C)[C@H]3[C@@](O)(C(=O)OC)[C@H](OC(=O)CN(C)C)[C@]5(CC)C=CCN6CC[C@]43[C@@H]65)C2)C1.O=S(=O)(O)O.O=S(=O)(O)O.O=S(=O)(O)O. The minimum atomic E-state index is -4.67. The Kier molecular flexibility index (Phi) is 29.4. The summed E-state index contributed by atoms with van der Waals surface area (Å²) >= 11 is 0. The van der Waals surface area contributed by atoms with Gasteiger partial charge in [0, 0.05) is 168 Å². The number of aromatic nitrogens is 2. The van der Waals surface area contributed by atoms with Crippen molar-refractivity contribution in [3.05, 3.63) is 142 Å². The number of aliphatic hydroxyl groups is 4. The quantitative estimate of drug-likeness (QED) is 0.0230. The molecule has 18 rings (SSSR count). The molecule has 4 saturated heterocycles. The zero-order chi connectivity index (χ0) is 102. The topological polar surface area (TPSA) is 538 Å². The van der Waals surface area contributed by atoms with Crippen molar-refractivity contribution in [3.8, 4) is 11.5 Å². The van der Waals surface area contributed by atoms with Crippen LogP contribution in [0.5, 0.6) is 11.5 Å². The molecule has 0 amide bonds. The number of methoxy groups -OCH3 is 6. The smallest absolute Gasteiger partial charge is 0.394 e. The Labute approximate surface area is 809 Å². The first-order chi connectivity index (χ1) is 65.2. The molecule has 0 radical (unpaired) electrons. The third-order valence-corrected chi connectivity index (χ3v) is 32.0. The molecule has 10 aliphatic heterocycles. The normalized spacial score (nSPS) is 33.2. The molecular weight excluding hydrogens is 1870 g/mol. The summed E-state index contributed by atoms with van der Waals surface area (Å²) in [5.41, 5.74) is -3.47. The van der Waals surface area contributed by atoms with Gasteiger partial charge in [-0.25, -0.2) is 9.59 Å². The van der Waals surface area contributed by atoms with E-state index >= 15 is 9.59 Å². The Morgan fingerprint density at radius 3 is 1.10 bits per heavy atom. The zero-order valence-corrected chi connectivity index (χ0v) is 83.7. The van der Waals surface area contributed by atoms with Crippen LogP contribution < -0.4 is 19.3 Å². The molecular formula is C96H132N10O30S3. The van der Waals surface area contributed by atoms with Gasteiger partial charge in [-0.05, 0) is 177 Å². The molecule has 40 nitrogen and oxygen atoms in total. The minimum Gasteiger partial charge on any atom is -0.496 e. The molecule has 6 aromatic rings. The maximum Gasteiger partial charge on any atom is 0.394 e. The van der Waals surface area contributed by atoms with Crippen LogP contribution >= 0.6 is 0 Å². The van der Waals surface area contributed by atoms with Gasteiger partial charge in [-0.3, -0.25) is 75.9 Å². The predicted molar refractivity (Wildman–Crippen MR) is 509 cm³/mol. The minimum absolute atomic E-state index is 0.0438. The van der Waals surface area contributed by atoms with Gasteiger partial charge in [-0.2, -0.15) is 25.3 Å². The van der Waals surface area contributed by atoms with Crippen LogP contribution in [0.15, 0.2) is 97.1 Å². The summed E-state index contributed by atoms with van der Waals surface area (Å²) in [6.45, 7) is 14.5. The lowest BCUT2D eigenvalue weighted by Gasteiger charge is -2.63. The molecule has 4 bridgehead atoms. The van der Waals surface area contributed by atoms with E-state index in [2.05, 4.69) is 78.1 Å². The number of fused-ring (bicyclic) bond motifs is 12. The summed E-state index contributed by atoms with van der Waals surface area (Å²) < 4.78 is 143. The lowest BCUT2D eigenvalue weighted by Crippen LogP contribution is -2.81. The summed E-state index contributed by atoms with van der Waals surface area (Å²) in [7, 11) is 5.43. The number of para-hydroxylation sites is 2. The van der Waals surface area contributed by atoms with Gasteiger partial charge in [0.2, 0.25) is 11.2 Å². The van der Waals surface area contributed by atoms with Crippen molar-refractivity contribution in [2.24, 2.45) is 22.7 Å². The average Bonchev–Trinajstić information content (AvgIpc) is 1.49. The number of piperidine rings is 2. The molecule has 2 unspecified atom stereocenters. The van der Waals surface area contributed by atoms with Crippen molar-refractivity contribution in [2.45, 2.75) is 185 Å². The van der Waals surface area contributed by atoms with E-state index < -0.39 is 146 Å². The van der Waals surface area contributed by atoms with Crippen LogP contribution in [0.25, 0.3) is 21.8 Å². The number of aromatic amines is 2. The fourth-order valence-corrected chi connectivity index (χ4v) is 27.5. The van der Waals surface area contributed by atoms with Gasteiger partial charge < -0.3 is 78.1 Å². The number of likely N-dealkylation sites (N-methyl/N-ethyl adjacent to an activating group) is 4. The number of anilines is 2. The van der Waals surface area contributed by atoms with E-state index in [4.69, 9.17) is 90.5 Å². The number of ether oxygens (including phenoxy) is 8. The Bertz CT molecular complexity index is 5740. The van der Waals surface area contributed by atoms with Gasteiger partial charge in [0.25, 0.3) is 0 Å². The largest absolute Gasteiger partial charge is 0.496 e. The number of hydrogen-bond donors (Lipinski definition) is 12. The van der Waals surface area contributed by atoms with Crippen LogP contribution in [-0.2, 0) is 123 Å². The van der Waals surface area contributed by atoms with E-state index in [1.807, 2.05) is 100 Å². The molecule has 2 aliphatic carbocycles. The van der Waals surface area contributed by atoms with Crippen molar-refractivity contribution < 1.29 is 140 Å². The Morgan fingerprint density at radius 1 is 0.453 bits per heavy atom. The Balaban J connectivity index is 0.000000193. The van der Waals surface area contributed by atoms with Crippen LogP contribution in [-0.4, -0.2) is 370 Å². The molecule has 20 atom stereocenters. The van der Waals surface area contributed by atoms with Crippen LogP contribution in [0, 0.1) is 22.7 Å². The fraction of sp³-hybridized carbons (Fsp3) is 0.604. The second-order valence-corrected chi connectivity index (χ2v) is 42.7. The molecule has 4 aromatic carbocycles. The van der Waals surface area contributed by atoms with E-state index in [9.17, 15) is 39.6 Å². The third kappa shape index (κ3) is 18.0. The van der Waals surface area contributed by atoms with Gasteiger partial charge in [0.15, 0.2) is 12.2 Å². The molecule has 43 heteroatoms. The molecule has 6 fully saturated rings. The Hall–Kier alpha value is -9.33. The first-order valence-electron chi connectivity index (χ1n) is 46.7. The van der Waals surface area contributed by atoms with E-state index in [0.717, 1.165) is 66.8 Å². The lowest BCUT2D eigenvalue weighted by atomic mass is 9.47. The fourth-order valence-electron chi connectivity index (χ4n) is 27.5. The van der Waals surface area contributed by atoms with Crippen molar-refractivity contribution >= 4 is 100 Å². The molecule has 12 aliphatic rings. The van der Waals surface area contributed by atoms with Crippen molar-refractivity contribution in [1.82, 2.24) is 39.4 Å². The molecule has 12 heterocycles. The van der Waals surface area contributed by atoms with Gasteiger partial charge in [-0.15, -0.1) is 0 Å². The molecule has 12 N–H and O–H groups in total. The van der Waals surface area contributed by atoms with E-state index in [0.29, 0.717) is 165 Å². The first-order valence-corrected chi connectivity index (χ1v) is 50.8. The summed E-state index contributed by atoms with van der Waals surface area (Å²) in [6, 6.07) is 21.9. The van der Waals surface area contributed by atoms with Crippen molar-refractivity contribution in [1.29, 1.82) is 0 Å². The maximum atomic E-state index is 15.4. The molecule has 764 valence electrons. The highest BCUT2D eigenvalue weighted by atomic mass is 32.3. The van der Waals surface area contributed by atoms with Crippen LogP contribution in [0.2, 0.25) is 0 Å². The number of H-pyrrole nitrogens is 2. The first kappa shape index (κ1) is 105. The van der Waals surface area contributed by atoms with E-state index in [1.165, 1.54) is 28.4 Å². The predicted octanol–water partition coefficient (Wildman–Crippen LogP) is 5.11. The Morgan fingerprint density at radius 2 is 0.791 bits per heavy atom. The standard InChI is InChI=1S/2C48H63N5O9.3H2O4S/c2*1-9-44(57)24-29-25-47(42(55)60-7,38-31(16-20-52(26-29)28-44)30-14-11-12-15-34(30)49-38)33-22-32-35(23-36(33)59-6)51(5)40-46(32)18-21-53-19-13-17-45(10-2,39(46)53)41(48(40,58)43(56)61-8)62-37(54)27-50(3)4;3*1-5(2,3)4/h2*11-15,17,22-23,29,39-41,49,57-58H,9-10,16,18-21,24-28H2,1-8H3;3*(H2,1,2,3,4)/t2*29-,39-,40+,41+,44-,45+,46+,47-,48-;;;/m00.../s1. The number of hydrogen-bond acceptors (Lipinski definition) is 32. The molecule has 2 saturated carbocycles.